The van der Waals surface area contributed by atoms with Crippen LogP contribution < -0.4 is 14.2 Å². The second kappa shape index (κ2) is 12.1. The Morgan fingerprint density at radius 1 is 0.974 bits per heavy atom. The number of hydrogen-bond acceptors (Lipinski definition) is 6. The molecule has 8 nitrogen and oxygen atoms in total. The van der Waals surface area contributed by atoms with E-state index in [1.54, 1.807) is 24.3 Å². The maximum atomic E-state index is 13.9. The first kappa shape index (κ1) is 28.5. The molecule has 4 rings (SSSR count). The number of likely N-dealkylation sites (tertiary alicyclic amines) is 1. The molecule has 208 valence electrons. The summed E-state index contributed by atoms with van der Waals surface area (Å²) in [6.45, 7) is 4.13. The quantitative estimate of drug-likeness (QED) is 0.430. The topological polar surface area (TPSA) is 85.4 Å². The highest BCUT2D eigenvalue weighted by Crippen LogP contribution is 2.39. The van der Waals surface area contributed by atoms with E-state index in [1.807, 2.05) is 17.9 Å². The fourth-order valence-corrected chi connectivity index (χ4v) is 7.20. The molecule has 2 aromatic carbocycles. The highest BCUT2D eigenvalue weighted by molar-refractivity contribution is 7.89. The minimum Gasteiger partial charge on any atom is -0.497 e. The van der Waals surface area contributed by atoms with Gasteiger partial charge in [0.15, 0.2) is 0 Å². The lowest BCUT2D eigenvalue weighted by atomic mass is 9.78. The van der Waals surface area contributed by atoms with E-state index in [0.29, 0.717) is 35.9 Å². The van der Waals surface area contributed by atoms with Crippen molar-refractivity contribution in [2.24, 2.45) is 5.41 Å². The second-order valence-corrected chi connectivity index (χ2v) is 12.6. The van der Waals surface area contributed by atoms with Gasteiger partial charge in [-0.1, -0.05) is 11.6 Å². The van der Waals surface area contributed by atoms with Crippen LogP contribution in [0.5, 0.6) is 17.2 Å². The summed E-state index contributed by atoms with van der Waals surface area (Å²) >= 11 is 6.19. The molecule has 0 unspecified atom stereocenters. The van der Waals surface area contributed by atoms with Crippen molar-refractivity contribution in [3.8, 4) is 17.2 Å². The molecule has 2 aromatic rings. The number of aryl methyl sites for hydroxylation is 1. The van der Waals surface area contributed by atoms with Crippen molar-refractivity contribution in [3.63, 3.8) is 0 Å². The van der Waals surface area contributed by atoms with Crippen molar-refractivity contribution in [3.05, 3.63) is 47.0 Å². The number of hydrogen-bond donors (Lipinski definition) is 0. The van der Waals surface area contributed by atoms with Crippen molar-refractivity contribution in [2.75, 3.05) is 47.0 Å². The van der Waals surface area contributed by atoms with Crippen molar-refractivity contribution in [1.29, 1.82) is 0 Å². The maximum absolute atomic E-state index is 13.9. The number of amides is 1. The van der Waals surface area contributed by atoms with E-state index >= 15 is 0 Å². The first-order valence-electron chi connectivity index (χ1n) is 13.1. The van der Waals surface area contributed by atoms with Crippen LogP contribution in [0.25, 0.3) is 0 Å². The maximum Gasteiger partial charge on any atom is 0.246 e. The lowest BCUT2D eigenvalue weighted by molar-refractivity contribution is -0.136. The van der Waals surface area contributed by atoms with Gasteiger partial charge in [0, 0.05) is 49.1 Å². The van der Waals surface area contributed by atoms with Crippen LogP contribution in [0, 0.1) is 12.3 Å². The molecular formula is C28H37ClN2O6S. The molecule has 10 heteroatoms. The standard InChI is InChI=1S/C28H37ClN2O6S/c1-21-16-23(8-10-24(21)29)37-20-28(18-27(32)30-13-5-4-6-14-30)12-7-15-31(19-28)38(33,34)26-17-22(35-2)9-11-25(26)36-3/h8-11,16-17H,4-7,12-15,18-20H2,1-3H3/t28-/m0/s1. The van der Waals surface area contributed by atoms with Gasteiger partial charge in [0.1, 0.15) is 22.1 Å². The van der Waals surface area contributed by atoms with Crippen LogP contribution in [-0.4, -0.2) is 70.5 Å². The number of carbonyl (C=O) groups is 1. The number of sulfonamides is 1. The number of nitrogens with zero attached hydrogens (tertiary/aromatic N) is 2. The lowest BCUT2D eigenvalue weighted by Gasteiger charge is -2.42. The van der Waals surface area contributed by atoms with Crippen LogP contribution in [0.1, 0.15) is 44.1 Å². The molecule has 1 atom stereocenters. The van der Waals surface area contributed by atoms with Gasteiger partial charge < -0.3 is 19.1 Å². The average Bonchev–Trinajstić information content (AvgIpc) is 2.94. The number of carbonyl (C=O) groups excluding carboxylic acids is 1. The summed E-state index contributed by atoms with van der Waals surface area (Å²) in [7, 11) is -0.997. The van der Waals surface area contributed by atoms with Crippen LogP contribution in [0.2, 0.25) is 5.02 Å². The Kier molecular flexibility index (Phi) is 9.11. The molecule has 2 saturated heterocycles. The largest absolute Gasteiger partial charge is 0.497 e. The van der Waals surface area contributed by atoms with Gasteiger partial charge in [0.2, 0.25) is 15.9 Å². The van der Waals surface area contributed by atoms with E-state index in [0.717, 1.165) is 37.9 Å². The zero-order valence-electron chi connectivity index (χ0n) is 22.4. The van der Waals surface area contributed by atoms with Gasteiger partial charge in [0.05, 0.1) is 20.8 Å². The smallest absolute Gasteiger partial charge is 0.246 e. The zero-order chi connectivity index (χ0) is 27.3. The third kappa shape index (κ3) is 6.38. The van der Waals surface area contributed by atoms with Gasteiger partial charge in [-0.25, -0.2) is 8.42 Å². The van der Waals surface area contributed by atoms with E-state index in [-0.39, 0.29) is 36.1 Å². The van der Waals surface area contributed by atoms with Gasteiger partial charge in [-0.15, -0.1) is 0 Å². The third-order valence-electron chi connectivity index (χ3n) is 7.52. The van der Waals surface area contributed by atoms with Gasteiger partial charge in [-0.2, -0.15) is 4.31 Å². The van der Waals surface area contributed by atoms with Crippen LogP contribution in [0.15, 0.2) is 41.3 Å². The van der Waals surface area contributed by atoms with Gasteiger partial charge in [0.25, 0.3) is 0 Å². The minimum atomic E-state index is -3.93. The summed E-state index contributed by atoms with van der Waals surface area (Å²) in [4.78, 5) is 15.4. The number of piperidine rings is 2. The average molecular weight is 565 g/mol. The van der Waals surface area contributed by atoms with E-state index in [2.05, 4.69) is 0 Å². The SMILES string of the molecule is COc1ccc(OC)c(S(=O)(=O)N2CCC[C@](COc3ccc(Cl)c(C)c3)(CC(=O)N3CCCCC3)C2)c1. The first-order valence-corrected chi connectivity index (χ1v) is 14.9. The molecule has 0 saturated carbocycles. The number of methoxy groups -OCH3 is 2. The monoisotopic (exact) mass is 564 g/mol. The van der Waals surface area contributed by atoms with Gasteiger partial charge in [-0.05, 0) is 74.9 Å². The van der Waals surface area contributed by atoms with Gasteiger partial charge in [-0.3, -0.25) is 4.79 Å². The molecule has 2 fully saturated rings. The van der Waals surface area contributed by atoms with Crippen molar-refractivity contribution < 1.29 is 27.4 Å². The van der Waals surface area contributed by atoms with Crippen LogP contribution in [0.4, 0.5) is 0 Å². The summed E-state index contributed by atoms with van der Waals surface area (Å²) in [5.74, 6) is 1.37. The van der Waals surface area contributed by atoms with E-state index in [4.69, 9.17) is 25.8 Å². The normalized spacial score (nSPS) is 20.7. The van der Waals surface area contributed by atoms with Crippen LogP contribution in [-0.2, 0) is 14.8 Å². The molecule has 0 radical (unpaired) electrons. The molecule has 1 amide bonds. The highest BCUT2D eigenvalue weighted by Gasteiger charge is 2.44. The summed E-state index contributed by atoms with van der Waals surface area (Å²) in [5, 5.41) is 0.648. The Bertz CT molecular complexity index is 1250. The number of halogens is 1. The molecule has 0 aliphatic carbocycles. The lowest BCUT2D eigenvalue weighted by Crippen LogP contribution is -2.51. The molecule has 0 spiro atoms. The second-order valence-electron chi connectivity index (χ2n) is 10.3. The van der Waals surface area contributed by atoms with Crippen molar-refractivity contribution in [2.45, 2.75) is 50.3 Å². The molecule has 0 aromatic heterocycles. The number of ether oxygens (including phenoxy) is 3. The minimum absolute atomic E-state index is 0.0479. The predicted molar refractivity (Wildman–Crippen MR) is 147 cm³/mol. The Balaban J connectivity index is 1.63. The first-order chi connectivity index (χ1) is 18.2. The number of rotatable bonds is 9. The molecule has 2 aliphatic rings. The predicted octanol–water partition coefficient (Wildman–Crippen LogP) is 4.92. The summed E-state index contributed by atoms with van der Waals surface area (Å²) in [6.07, 6.45) is 4.64. The fraction of sp³-hybridized carbons (Fsp3) is 0.536. The van der Waals surface area contributed by atoms with E-state index in [9.17, 15) is 13.2 Å². The summed E-state index contributed by atoms with van der Waals surface area (Å²) in [5.41, 5.74) is 0.208. The van der Waals surface area contributed by atoms with E-state index in [1.165, 1.54) is 24.6 Å². The molecular weight excluding hydrogens is 528 g/mol. The molecule has 0 bridgehead atoms. The summed E-state index contributed by atoms with van der Waals surface area (Å²) in [6, 6.07) is 10.2. The van der Waals surface area contributed by atoms with Gasteiger partial charge >= 0.3 is 0 Å². The molecule has 38 heavy (non-hydrogen) atoms. The Morgan fingerprint density at radius 2 is 1.71 bits per heavy atom. The molecule has 2 aliphatic heterocycles. The molecule has 2 heterocycles. The highest BCUT2D eigenvalue weighted by atomic mass is 35.5. The van der Waals surface area contributed by atoms with Crippen molar-refractivity contribution >= 4 is 27.5 Å². The Morgan fingerprint density at radius 3 is 2.39 bits per heavy atom. The van der Waals surface area contributed by atoms with Crippen molar-refractivity contribution in [1.82, 2.24) is 9.21 Å². The Hall–Kier alpha value is -2.49. The third-order valence-corrected chi connectivity index (χ3v) is 9.81. The van der Waals surface area contributed by atoms with Crippen LogP contribution in [0.3, 0.4) is 0 Å². The molecule has 0 N–H and O–H groups in total. The zero-order valence-corrected chi connectivity index (χ0v) is 23.9. The number of benzene rings is 2. The fourth-order valence-electron chi connectivity index (χ4n) is 5.32. The van der Waals surface area contributed by atoms with Crippen LogP contribution >= 0.6 is 11.6 Å². The van der Waals surface area contributed by atoms with E-state index < -0.39 is 15.4 Å². The Labute approximate surface area is 230 Å². The summed E-state index contributed by atoms with van der Waals surface area (Å²) < 4.78 is 46.2.